The van der Waals surface area contributed by atoms with Gasteiger partial charge in [0.2, 0.25) is 0 Å². The number of anilines is 1. The van der Waals surface area contributed by atoms with E-state index in [9.17, 15) is 28.8 Å². The predicted octanol–water partition coefficient (Wildman–Crippen LogP) is 3.33. The molecule has 0 spiro atoms. The highest BCUT2D eigenvalue weighted by atomic mass is 79.9. The highest BCUT2D eigenvalue weighted by Gasteiger charge is 2.24. The van der Waals surface area contributed by atoms with Crippen molar-refractivity contribution in [1.82, 2.24) is 5.32 Å². The van der Waals surface area contributed by atoms with Gasteiger partial charge in [0.25, 0.3) is 5.69 Å². The van der Waals surface area contributed by atoms with Crippen LogP contribution in [0, 0.1) is 21.7 Å². The van der Waals surface area contributed by atoms with Crippen LogP contribution in [-0.2, 0) is 11.3 Å². The van der Waals surface area contributed by atoms with E-state index >= 15 is 0 Å². The molecule has 0 saturated heterocycles. The Bertz CT molecular complexity index is 854. The number of amides is 1. The minimum Gasteiger partial charge on any atom is -0.445 e. The lowest BCUT2D eigenvalue weighted by Crippen LogP contribution is -2.36. The fourth-order valence-corrected chi connectivity index (χ4v) is 2.69. The molecule has 0 fully saturated rings. The van der Waals surface area contributed by atoms with E-state index in [1.165, 1.54) is 0 Å². The Hall–Kier alpha value is -2.79. The molecule has 0 bridgehead atoms. The van der Waals surface area contributed by atoms with Crippen molar-refractivity contribution in [3.05, 3.63) is 68.2 Å². The second-order valence-corrected chi connectivity index (χ2v) is 6.41. The number of aliphatic hydroxyl groups is 1. The van der Waals surface area contributed by atoms with Gasteiger partial charge in [-0.25, -0.2) is 13.6 Å². The van der Waals surface area contributed by atoms with E-state index < -0.39 is 38.9 Å². The Morgan fingerprint density at radius 1 is 1.29 bits per heavy atom. The number of hydrogen-bond donors (Lipinski definition) is 3. The van der Waals surface area contributed by atoms with Crippen molar-refractivity contribution < 1.29 is 28.3 Å². The average molecular weight is 460 g/mol. The van der Waals surface area contributed by atoms with Crippen molar-refractivity contribution in [1.29, 1.82) is 0 Å². The molecule has 150 valence electrons. The van der Waals surface area contributed by atoms with Gasteiger partial charge in [0, 0.05) is 13.1 Å². The Labute approximate surface area is 166 Å². The van der Waals surface area contributed by atoms with Crippen molar-refractivity contribution in [2.24, 2.45) is 0 Å². The number of halogens is 3. The molecule has 0 radical (unpaired) electrons. The van der Waals surface area contributed by atoms with Gasteiger partial charge in [-0.15, -0.1) is 0 Å². The SMILES string of the molecule is O=C(NCC(O)CNc1c([N+](=O)[O-])cc(F)c(F)c1Br)OCc1ccccc1. The zero-order valence-electron chi connectivity index (χ0n) is 14.3. The molecule has 3 N–H and O–H groups in total. The minimum absolute atomic E-state index is 0.0506. The van der Waals surface area contributed by atoms with Gasteiger partial charge in [0.1, 0.15) is 12.3 Å². The van der Waals surface area contributed by atoms with Crippen LogP contribution in [0.15, 0.2) is 40.9 Å². The lowest BCUT2D eigenvalue weighted by molar-refractivity contribution is -0.384. The molecule has 1 amide bonds. The number of alkyl carbamates (subject to hydrolysis) is 1. The predicted molar refractivity (Wildman–Crippen MR) is 99.8 cm³/mol. The first-order valence-corrected chi connectivity index (χ1v) is 8.77. The van der Waals surface area contributed by atoms with E-state index in [0.717, 1.165) is 5.56 Å². The first-order valence-electron chi connectivity index (χ1n) is 7.98. The quantitative estimate of drug-likeness (QED) is 0.317. The highest BCUT2D eigenvalue weighted by molar-refractivity contribution is 9.10. The normalized spacial score (nSPS) is 11.6. The minimum atomic E-state index is -1.38. The van der Waals surface area contributed by atoms with Crippen molar-refractivity contribution in [3.63, 3.8) is 0 Å². The van der Waals surface area contributed by atoms with Gasteiger partial charge in [-0.05, 0) is 21.5 Å². The van der Waals surface area contributed by atoms with Crippen molar-refractivity contribution in [3.8, 4) is 0 Å². The zero-order chi connectivity index (χ0) is 20.7. The van der Waals surface area contributed by atoms with E-state index in [1.54, 1.807) is 24.3 Å². The van der Waals surface area contributed by atoms with Gasteiger partial charge in [-0.2, -0.15) is 0 Å². The molecule has 0 saturated carbocycles. The number of nitrogens with one attached hydrogen (secondary N) is 2. The zero-order valence-corrected chi connectivity index (χ0v) is 15.9. The van der Waals surface area contributed by atoms with Crippen LogP contribution < -0.4 is 10.6 Å². The molecule has 2 rings (SSSR count). The number of nitro groups is 1. The number of ether oxygens (including phenoxy) is 1. The van der Waals surface area contributed by atoms with E-state index in [4.69, 9.17) is 4.74 Å². The summed E-state index contributed by atoms with van der Waals surface area (Å²) in [4.78, 5) is 21.7. The van der Waals surface area contributed by atoms with E-state index in [2.05, 4.69) is 26.6 Å². The lowest BCUT2D eigenvalue weighted by Gasteiger charge is -2.15. The molecular weight excluding hydrogens is 444 g/mol. The van der Waals surface area contributed by atoms with Gasteiger partial charge in [0.05, 0.1) is 21.6 Å². The van der Waals surface area contributed by atoms with Gasteiger partial charge in [-0.3, -0.25) is 10.1 Å². The summed E-state index contributed by atoms with van der Waals surface area (Å²) in [6.07, 6.45) is -1.94. The maximum absolute atomic E-state index is 13.6. The average Bonchev–Trinajstić information content (AvgIpc) is 2.68. The Morgan fingerprint density at radius 3 is 2.61 bits per heavy atom. The van der Waals surface area contributed by atoms with Gasteiger partial charge in [0.15, 0.2) is 11.6 Å². The summed E-state index contributed by atoms with van der Waals surface area (Å²) in [5.41, 5.74) is -0.238. The summed E-state index contributed by atoms with van der Waals surface area (Å²) < 4.78 is 31.5. The molecule has 28 heavy (non-hydrogen) atoms. The fraction of sp³-hybridized carbons (Fsp3) is 0.235. The van der Waals surface area contributed by atoms with E-state index in [0.29, 0.717) is 6.07 Å². The number of carbonyl (C=O) groups is 1. The largest absolute Gasteiger partial charge is 0.445 e. The van der Waals surface area contributed by atoms with E-state index in [1.807, 2.05) is 6.07 Å². The smallest absolute Gasteiger partial charge is 0.407 e. The topological polar surface area (TPSA) is 114 Å². The molecule has 0 aliphatic rings. The van der Waals surface area contributed by atoms with Crippen LogP contribution in [0.5, 0.6) is 0 Å². The molecule has 2 aromatic carbocycles. The van der Waals surface area contributed by atoms with Gasteiger partial charge >= 0.3 is 6.09 Å². The second kappa shape index (κ2) is 9.95. The maximum Gasteiger partial charge on any atom is 0.407 e. The van der Waals surface area contributed by atoms with Crippen LogP contribution in [0.25, 0.3) is 0 Å². The molecule has 0 aliphatic heterocycles. The highest BCUT2D eigenvalue weighted by Crippen LogP contribution is 2.36. The van der Waals surface area contributed by atoms with Gasteiger partial charge in [-0.1, -0.05) is 30.3 Å². The maximum atomic E-state index is 13.6. The number of carbonyl (C=O) groups excluding carboxylic acids is 1. The number of rotatable bonds is 8. The van der Waals surface area contributed by atoms with Crippen molar-refractivity contribution >= 4 is 33.4 Å². The third-order valence-electron chi connectivity index (χ3n) is 3.55. The third-order valence-corrected chi connectivity index (χ3v) is 4.29. The monoisotopic (exact) mass is 459 g/mol. The van der Waals surface area contributed by atoms with Crippen LogP contribution in [-0.4, -0.2) is 35.3 Å². The molecule has 1 unspecified atom stereocenters. The summed E-state index contributed by atoms with van der Waals surface area (Å²) in [7, 11) is 0. The van der Waals surface area contributed by atoms with Crippen LogP contribution in [0.3, 0.4) is 0 Å². The first kappa shape index (κ1) is 21.5. The number of hydrogen-bond acceptors (Lipinski definition) is 6. The molecule has 0 aliphatic carbocycles. The fourth-order valence-electron chi connectivity index (χ4n) is 2.16. The number of aliphatic hydroxyl groups excluding tert-OH is 1. The van der Waals surface area contributed by atoms with Crippen LogP contribution >= 0.6 is 15.9 Å². The van der Waals surface area contributed by atoms with Crippen LogP contribution in [0.2, 0.25) is 0 Å². The first-order chi connectivity index (χ1) is 13.3. The molecule has 8 nitrogen and oxygen atoms in total. The molecule has 1 atom stereocenters. The molecule has 11 heteroatoms. The Morgan fingerprint density at radius 2 is 1.96 bits per heavy atom. The third kappa shape index (κ3) is 5.86. The second-order valence-electron chi connectivity index (χ2n) is 5.61. The summed E-state index contributed by atoms with van der Waals surface area (Å²) >= 11 is 2.75. The van der Waals surface area contributed by atoms with Crippen molar-refractivity contribution in [2.45, 2.75) is 12.7 Å². The molecular formula is C17H16BrF2N3O5. The summed E-state index contributed by atoms with van der Waals surface area (Å²) in [5.74, 6) is -2.68. The van der Waals surface area contributed by atoms with E-state index in [-0.39, 0.29) is 25.4 Å². The number of nitrogens with zero attached hydrogens (tertiary/aromatic N) is 1. The Balaban J connectivity index is 1.85. The van der Waals surface area contributed by atoms with Crippen molar-refractivity contribution in [2.75, 3.05) is 18.4 Å². The van der Waals surface area contributed by atoms with Crippen LogP contribution in [0.4, 0.5) is 25.0 Å². The summed E-state index contributed by atoms with van der Waals surface area (Å²) in [6, 6.07) is 9.40. The number of benzene rings is 2. The lowest BCUT2D eigenvalue weighted by atomic mass is 10.2. The molecule has 0 heterocycles. The molecule has 0 aromatic heterocycles. The number of nitro benzene ring substituents is 1. The summed E-state index contributed by atoms with van der Waals surface area (Å²) in [5, 5.41) is 25.7. The Kier molecular flexibility index (Phi) is 7.64. The molecule has 2 aromatic rings. The van der Waals surface area contributed by atoms with Gasteiger partial charge < -0.3 is 20.5 Å². The van der Waals surface area contributed by atoms with Crippen LogP contribution in [0.1, 0.15) is 5.56 Å². The standard InChI is InChI=1S/C17H16BrF2N3O5/c18-14-15(20)12(19)6-13(23(26)27)16(14)21-7-11(24)8-22-17(25)28-9-10-4-2-1-3-5-10/h1-6,11,21,24H,7-9H2,(H,22,25). The summed E-state index contributed by atoms with van der Waals surface area (Å²) in [6.45, 7) is -0.450.